The quantitative estimate of drug-likeness (QED) is 0.580. The summed E-state index contributed by atoms with van der Waals surface area (Å²) >= 11 is 0.549. The second-order valence-corrected chi connectivity index (χ2v) is 3.32. The van der Waals surface area contributed by atoms with Crippen molar-refractivity contribution in [3.05, 3.63) is 12.2 Å². The van der Waals surface area contributed by atoms with Crippen LogP contribution in [0.15, 0.2) is 12.2 Å². The summed E-state index contributed by atoms with van der Waals surface area (Å²) in [6.07, 6.45) is 3.85. The number of alkyl halides is 2. The van der Waals surface area contributed by atoms with Crippen LogP contribution in [0.5, 0.6) is 0 Å². The van der Waals surface area contributed by atoms with E-state index in [-0.39, 0.29) is 5.92 Å². The van der Waals surface area contributed by atoms with E-state index >= 15 is 0 Å². The van der Waals surface area contributed by atoms with E-state index < -0.39 is 5.25 Å². The molecule has 0 fully saturated rings. The van der Waals surface area contributed by atoms with E-state index in [4.69, 9.17) is 0 Å². The third-order valence-corrected chi connectivity index (χ3v) is 1.63. The maximum absolute atomic E-state index is 12.4. The molecule has 0 atom stereocenters. The van der Waals surface area contributed by atoms with Crippen LogP contribution in [0.1, 0.15) is 13.8 Å². The van der Waals surface area contributed by atoms with Crippen molar-refractivity contribution in [1.82, 2.24) is 0 Å². The first-order chi connectivity index (χ1) is 4.48. The van der Waals surface area contributed by atoms with Gasteiger partial charge in [-0.25, -0.2) is 0 Å². The average molecular weight is 166 g/mol. The molecule has 0 aromatic rings. The van der Waals surface area contributed by atoms with Crippen molar-refractivity contribution < 1.29 is 8.78 Å². The minimum Gasteiger partial charge on any atom is -0.189 e. The molecule has 0 amide bonds. The third kappa shape index (κ3) is 4.79. The van der Waals surface area contributed by atoms with E-state index in [1.165, 1.54) is 12.3 Å². The molecule has 0 saturated heterocycles. The van der Waals surface area contributed by atoms with Gasteiger partial charge in [0.05, 0.1) is 0 Å². The van der Waals surface area contributed by atoms with Crippen molar-refractivity contribution in [2.24, 2.45) is 5.92 Å². The second kappa shape index (κ2) is 3.96. The van der Waals surface area contributed by atoms with Crippen LogP contribution in [-0.4, -0.2) is 11.5 Å². The fraction of sp³-hybridized carbons (Fsp3) is 0.714. The smallest absolute Gasteiger partial charge is 0.189 e. The van der Waals surface area contributed by atoms with Gasteiger partial charge in [-0.1, -0.05) is 31.7 Å². The number of rotatable bonds is 3. The highest BCUT2D eigenvalue weighted by Crippen LogP contribution is 2.27. The Kier molecular flexibility index (Phi) is 3.94. The Labute approximate surface area is 64.7 Å². The lowest BCUT2D eigenvalue weighted by molar-refractivity contribution is 0.162. The van der Waals surface area contributed by atoms with E-state index in [1.807, 2.05) is 13.8 Å². The molecule has 0 aliphatic heterocycles. The summed E-state index contributed by atoms with van der Waals surface area (Å²) in [7, 11) is 0. The zero-order chi connectivity index (χ0) is 8.20. The first-order valence-electron chi connectivity index (χ1n) is 3.10. The monoisotopic (exact) mass is 166 g/mol. The first-order valence-corrected chi connectivity index (χ1v) is 4.33. The van der Waals surface area contributed by atoms with Crippen LogP contribution in [0.3, 0.4) is 0 Å². The number of thioether (sulfide) groups is 1. The van der Waals surface area contributed by atoms with Crippen LogP contribution in [0.4, 0.5) is 8.78 Å². The lowest BCUT2D eigenvalue weighted by Gasteiger charge is -2.06. The lowest BCUT2D eigenvalue weighted by atomic mass is 10.2. The molecule has 0 nitrogen and oxygen atoms in total. The van der Waals surface area contributed by atoms with Crippen LogP contribution in [0.25, 0.3) is 0 Å². The number of allylic oxidation sites excluding steroid dienone is 1. The Bertz CT molecular complexity index is 119. The molecular weight excluding hydrogens is 154 g/mol. The molecule has 0 aliphatic rings. The molecule has 10 heavy (non-hydrogen) atoms. The minimum atomic E-state index is -2.69. The molecule has 60 valence electrons. The molecule has 0 spiro atoms. The minimum absolute atomic E-state index is 0.193. The van der Waals surface area contributed by atoms with Gasteiger partial charge in [0.15, 0.2) is 0 Å². The zero-order valence-electron chi connectivity index (χ0n) is 6.40. The molecular formula is C7H12F2S. The van der Waals surface area contributed by atoms with Crippen molar-refractivity contribution in [3.63, 3.8) is 0 Å². The van der Waals surface area contributed by atoms with Gasteiger partial charge in [-0.2, -0.15) is 8.78 Å². The normalized spacial score (nSPS) is 13.4. The first kappa shape index (κ1) is 9.95. The van der Waals surface area contributed by atoms with Gasteiger partial charge < -0.3 is 0 Å². The molecule has 0 rings (SSSR count). The second-order valence-electron chi connectivity index (χ2n) is 2.37. The van der Waals surface area contributed by atoms with Gasteiger partial charge in [-0.15, -0.1) is 0 Å². The Hall–Kier alpha value is -0.0500. The Morgan fingerprint density at radius 2 is 1.90 bits per heavy atom. The van der Waals surface area contributed by atoms with Gasteiger partial charge in [-0.3, -0.25) is 0 Å². The zero-order valence-corrected chi connectivity index (χ0v) is 7.21. The Morgan fingerprint density at radius 1 is 1.40 bits per heavy atom. The summed E-state index contributed by atoms with van der Waals surface area (Å²) in [6, 6.07) is 0. The molecule has 0 heterocycles. The van der Waals surface area contributed by atoms with Crippen molar-refractivity contribution in [1.29, 1.82) is 0 Å². The summed E-state index contributed by atoms with van der Waals surface area (Å²) in [6.45, 7) is 3.74. The van der Waals surface area contributed by atoms with E-state index in [1.54, 1.807) is 0 Å². The SMILES string of the molecule is CSC(F)(F)/C=C/C(C)C. The summed E-state index contributed by atoms with van der Waals surface area (Å²) in [5, 5.41) is -2.69. The van der Waals surface area contributed by atoms with Gasteiger partial charge in [0.2, 0.25) is 0 Å². The largest absolute Gasteiger partial charge is 0.312 e. The van der Waals surface area contributed by atoms with Gasteiger partial charge in [0.1, 0.15) is 0 Å². The van der Waals surface area contributed by atoms with Crippen LogP contribution in [0.2, 0.25) is 0 Å². The summed E-state index contributed by atoms with van der Waals surface area (Å²) in [5.41, 5.74) is 0. The summed E-state index contributed by atoms with van der Waals surface area (Å²) in [5.74, 6) is 0.193. The molecule has 0 bridgehead atoms. The Morgan fingerprint density at radius 3 is 2.20 bits per heavy atom. The topological polar surface area (TPSA) is 0 Å². The molecule has 0 radical (unpaired) electrons. The highest BCUT2D eigenvalue weighted by atomic mass is 32.2. The van der Waals surface area contributed by atoms with Gasteiger partial charge in [-0.05, 0) is 18.2 Å². The third-order valence-electron chi connectivity index (χ3n) is 0.947. The molecule has 0 aromatic carbocycles. The summed E-state index contributed by atoms with van der Waals surface area (Å²) in [4.78, 5) is 0. The maximum atomic E-state index is 12.4. The fourth-order valence-electron chi connectivity index (χ4n) is 0.373. The van der Waals surface area contributed by atoms with Gasteiger partial charge in [0, 0.05) is 0 Å². The van der Waals surface area contributed by atoms with Crippen molar-refractivity contribution in [3.8, 4) is 0 Å². The molecule has 0 saturated carbocycles. The number of hydrogen-bond acceptors (Lipinski definition) is 1. The molecule has 0 N–H and O–H groups in total. The molecule has 0 unspecified atom stereocenters. The standard InChI is InChI=1S/C7H12F2S/c1-6(2)4-5-7(8,9)10-3/h4-6H,1-3H3/b5-4+. The highest BCUT2D eigenvalue weighted by Gasteiger charge is 2.22. The van der Waals surface area contributed by atoms with Crippen molar-refractivity contribution >= 4 is 11.8 Å². The summed E-state index contributed by atoms with van der Waals surface area (Å²) < 4.78 is 24.8. The predicted octanol–water partition coefficient (Wildman–Crippen LogP) is 3.15. The van der Waals surface area contributed by atoms with Crippen LogP contribution < -0.4 is 0 Å². The van der Waals surface area contributed by atoms with Gasteiger partial charge >= 0.3 is 5.25 Å². The highest BCUT2D eigenvalue weighted by molar-refractivity contribution is 7.99. The number of hydrogen-bond donors (Lipinski definition) is 0. The fourth-order valence-corrected chi connectivity index (χ4v) is 0.587. The van der Waals surface area contributed by atoms with E-state index in [0.717, 1.165) is 6.08 Å². The molecule has 3 heteroatoms. The molecule has 0 aromatic heterocycles. The average Bonchev–Trinajstić information content (AvgIpc) is 1.85. The predicted molar refractivity (Wildman–Crippen MR) is 42.4 cm³/mol. The van der Waals surface area contributed by atoms with Crippen molar-refractivity contribution in [2.75, 3.05) is 6.26 Å². The number of halogens is 2. The van der Waals surface area contributed by atoms with Gasteiger partial charge in [0.25, 0.3) is 0 Å². The van der Waals surface area contributed by atoms with Crippen molar-refractivity contribution in [2.45, 2.75) is 19.1 Å². The van der Waals surface area contributed by atoms with Crippen LogP contribution in [-0.2, 0) is 0 Å². The maximum Gasteiger partial charge on any atom is 0.312 e. The van der Waals surface area contributed by atoms with Crippen LogP contribution >= 0.6 is 11.8 Å². The van der Waals surface area contributed by atoms with E-state index in [0.29, 0.717) is 11.8 Å². The Balaban J connectivity index is 3.86. The molecule has 0 aliphatic carbocycles. The lowest BCUT2D eigenvalue weighted by Crippen LogP contribution is -2.04. The van der Waals surface area contributed by atoms with E-state index in [9.17, 15) is 8.78 Å². The van der Waals surface area contributed by atoms with Crippen LogP contribution in [0, 0.1) is 5.92 Å². The van der Waals surface area contributed by atoms with E-state index in [2.05, 4.69) is 0 Å².